The molecule has 1 atom stereocenters. The SMILES string of the molecule is N#Cc1ccc(CS(=O)(=O)N2CCC[C@H]2C(=O)O)cc1. The first kappa shape index (κ1) is 14.5. The van der Waals surface area contributed by atoms with E-state index in [0.717, 1.165) is 4.31 Å². The van der Waals surface area contributed by atoms with E-state index in [4.69, 9.17) is 10.4 Å². The Hall–Kier alpha value is -1.91. The van der Waals surface area contributed by atoms with Crippen LogP contribution in [0, 0.1) is 11.3 Å². The summed E-state index contributed by atoms with van der Waals surface area (Å²) in [5.41, 5.74) is 0.996. The fraction of sp³-hybridized carbons (Fsp3) is 0.385. The van der Waals surface area contributed by atoms with Gasteiger partial charge in [-0.05, 0) is 30.5 Å². The molecule has 0 aromatic heterocycles. The van der Waals surface area contributed by atoms with E-state index < -0.39 is 22.0 Å². The lowest BCUT2D eigenvalue weighted by Gasteiger charge is -2.20. The van der Waals surface area contributed by atoms with Gasteiger partial charge in [-0.2, -0.15) is 9.57 Å². The third-order valence-corrected chi connectivity index (χ3v) is 5.13. The molecule has 0 spiro atoms. The highest BCUT2D eigenvalue weighted by atomic mass is 32.2. The predicted octanol–water partition coefficient (Wildman–Crippen LogP) is 0.937. The fourth-order valence-corrected chi connectivity index (χ4v) is 4.06. The summed E-state index contributed by atoms with van der Waals surface area (Å²) in [6.45, 7) is 0.246. The van der Waals surface area contributed by atoms with Crippen LogP contribution in [0.1, 0.15) is 24.0 Å². The molecule has 1 aromatic carbocycles. The van der Waals surface area contributed by atoms with Gasteiger partial charge in [0.25, 0.3) is 0 Å². The van der Waals surface area contributed by atoms with Gasteiger partial charge in [-0.1, -0.05) is 12.1 Å². The number of carboxylic acids is 1. The Balaban J connectivity index is 2.18. The Morgan fingerprint density at radius 2 is 2.05 bits per heavy atom. The van der Waals surface area contributed by atoms with Crippen molar-refractivity contribution in [3.8, 4) is 6.07 Å². The standard InChI is InChI=1S/C13H14N2O4S/c14-8-10-3-5-11(6-4-10)9-20(18,19)15-7-1-2-12(15)13(16)17/h3-6,12H,1-2,7,9H2,(H,16,17)/t12-/m0/s1. The van der Waals surface area contributed by atoms with Crippen LogP contribution in [0.3, 0.4) is 0 Å². The Labute approximate surface area is 117 Å². The van der Waals surface area contributed by atoms with E-state index in [9.17, 15) is 13.2 Å². The first-order valence-electron chi connectivity index (χ1n) is 6.15. The number of rotatable bonds is 4. The maximum absolute atomic E-state index is 12.3. The van der Waals surface area contributed by atoms with Crippen molar-refractivity contribution in [1.29, 1.82) is 5.26 Å². The van der Waals surface area contributed by atoms with Crippen molar-refractivity contribution in [2.75, 3.05) is 6.54 Å². The van der Waals surface area contributed by atoms with Gasteiger partial charge in [-0.25, -0.2) is 8.42 Å². The zero-order valence-corrected chi connectivity index (χ0v) is 11.5. The first-order valence-corrected chi connectivity index (χ1v) is 7.76. The molecular weight excluding hydrogens is 280 g/mol. The highest BCUT2D eigenvalue weighted by Gasteiger charge is 2.38. The van der Waals surface area contributed by atoms with E-state index in [-0.39, 0.29) is 12.3 Å². The molecule has 0 amide bonds. The topological polar surface area (TPSA) is 98.5 Å². The van der Waals surface area contributed by atoms with E-state index in [1.165, 1.54) is 0 Å². The number of sulfonamides is 1. The van der Waals surface area contributed by atoms with E-state index in [0.29, 0.717) is 24.0 Å². The van der Waals surface area contributed by atoms with Crippen molar-refractivity contribution in [2.45, 2.75) is 24.6 Å². The minimum Gasteiger partial charge on any atom is -0.480 e. The average Bonchev–Trinajstić information content (AvgIpc) is 2.89. The van der Waals surface area contributed by atoms with Crippen molar-refractivity contribution >= 4 is 16.0 Å². The third-order valence-electron chi connectivity index (χ3n) is 3.28. The molecule has 1 N–H and O–H groups in total. The summed E-state index contributed by atoms with van der Waals surface area (Å²) in [5, 5.41) is 17.7. The van der Waals surface area contributed by atoms with Crippen LogP contribution in [0.25, 0.3) is 0 Å². The molecule has 0 radical (unpaired) electrons. The van der Waals surface area contributed by atoms with Crippen molar-refractivity contribution in [3.05, 3.63) is 35.4 Å². The second-order valence-corrected chi connectivity index (χ2v) is 6.59. The number of nitrogens with zero attached hydrogens (tertiary/aromatic N) is 2. The summed E-state index contributed by atoms with van der Waals surface area (Å²) in [7, 11) is -3.66. The quantitative estimate of drug-likeness (QED) is 0.891. The number of nitriles is 1. The van der Waals surface area contributed by atoms with Gasteiger partial charge in [0.05, 0.1) is 17.4 Å². The predicted molar refractivity (Wildman–Crippen MR) is 71.1 cm³/mol. The molecule has 0 saturated carbocycles. The van der Waals surface area contributed by atoms with Crippen LogP contribution < -0.4 is 0 Å². The Morgan fingerprint density at radius 1 is 1.40 bits per heavy atom. The van der Waals surface area contributed by atoms with Gasteiger partial charge in [0, 0.05) is 6.54 Å². The third kappa shape index (κ3) is 2.98. The van der Waals surface area contributed by atoms with Crippen LogP contribution in [0.5, 0.6) is 0 Å². The molecule has 1 saturated heterocycles. The molecule has 106 valence electrons. The van der Waals surface area contributed by atoms with Crippen molar-refractivity contribution in [1.82, 2.24) is 4.31 Å². The van der Waals surface area contributed by atoms with Gasteiger partial charge in [0.2, 0.25) is 10.0 Å². The van der Waals surface area contributed by atoms with Gasteiger partial charge < -0.3 is 5.11 Å². The average molecular weight is 294 g/mol. The lowest BCUT2D eigenvalue weighted by Crippen LogP contribution is -2.40. The number of benzene rings is 1. The zero-order chi connectivity index (χ0) is 14.8. The Bertz CT molecular complexity index is 646. The molecule has 1 fully saturated rings. The first-order chi connectivity index (χ1) is 9.44. The van der Waals surface area contributed by atoms with Crippen LogP contribution in [0.2, 0.25) is 0 Å². The number of hydrogen-bond acceptors (Lipinski definition) is 4. The molecule has 0 bridgehead atoms. The lowest BCUT2D eigenvalue weighted by atomic mass is 10.2. The summed E-state index contributed by atoms with van der Waals surface area (Å²) >= 11 is 0. The van der Waals surface area contributed by atoms with Crippen LogP contribution in [-0.2, 0) is 20.6 Å². The highest BCUT2D eigenvalue weighted by molar-refractivity contribution is 7.88. The molecule has 7 heteroatoms. The zero-order valence-electron chi connectivity index (χ0n) is 10.7. The van der Waals surface area contributed by atoms with Crippen LogP contribution >= 0.6 is 0 Å². The molecule has 6 nitrogen and oxygen atoms in total. The molecule has 0 aliphatic carbocycles. The number of aliphatic carboxylic acids is 1. The van der Waals surface area contributed by atoms with E-state index >= 15 is 0 Å². The maximum Gasteiger partial charge on any atom is 0.322 e. The molecule has 1 aliphatic heterocycles. The second-order valence-electron chi connectivity index (χ2n) is 4.67. The molecule has 1 aliphatic rings. The Kier molecular flexibility index (Phi) is 4.06. The smallest absolute Gasteiger partial charge is 0.322 e. The van der Waals surface area contributed by atoms with Gasteiger partial charge in [-0.3, -0.25) is 4.79 Å². The van der Waals surface area contributed by atoms with Crippen LogP contribution in [0.4, 0.5) is 0 Å². The lowest BCUT2D eigenvalue weighted by molar-refractivity contribution is -0.140. The van der Waals surface area contributed by atoms with Gasteiger partial charge in [-0.15, -0.1) is 0 Å². The van der Waals surface area contributed by atoms with Crippen LogP contribution in [0.15, 0.2) is 24.3 Å². The summed E-state index contributed by atoms with van der Waals surface area (Å²) in [4.78, 5) is 11.1. The number of carbonyl (C=O) groups is 1. The molecule has 1 aromatic rings. The van der Waals surface area contributed by atoms with Gasteiger partial charge >= 0.3 is 5.97 Å². The van der Waals surface area contributed by atoms with E-state index in [2.05, 4.69) is 0 Å². The minimum absolute atomic E-state index is 0.246. The van der Waals surface area contributed by atoms with Crippen LogP contribution in [-0.4, -0.2) is 36.4 Å². The summed E-state index contributed by atoms with van der Waals surface area (Å²) in [5.74, 6) is -1.35. The Morgan fingerprint density at radius 3 is 2.60 bits per heavy atom. The van der Waals surface area contributed by atoms with Gasteiger partial charge in [0.15, 0.2) is 0 Å². The summed E-state index contributed by atoms with van der Waals surface area (Å²) < 4.78 is 25.6. The van der Waals surface area contributed by atoms with Gasteiger partial charge in [0.1, 0.15) is 6.04 Å². The van der Waals surface area contributed by atoms with E-state index in [1.807, 2.05) is 6.07 Å². The largest absolute Gasteiger partial charge is 0.480 e. The molecule has 20 heavy (non-hydrogen) atoms. The summed E-state index contributed by atoms with van der Waals surface area (Å²) in [6.07, 6.45) is 0.908. The fourth-order valence-electron chi connectivity index (χ4n) is 2.29. The minimum atomic E-state index is -3.66. The molecular formula is C13H14N2O4S. The maximum atomic E-state index is 12.3. The second kappa shape index (κ2) is 5.61. The van der Waals surface area contributed by atoms with Crippen molar-refractivity contribution in [3.63, 3.8) is 0 Å². The van der Waals surface area contributed by atoms with Crippen molar-refractivity contribution in [2.24, 2.45) is 0 Å². The molecule has 1 heterocycles. The summed E-state index contributed by atoms with van der Waals surface area (Å²) in [6, 6.07) is 7.23. The normalized spacial score (nSPS) is 19.6. The highest BCUT2D eigenvalue weighted by Crippen LogP contribution is 2.23. The van der Waals surface area contributed by atoms with E-state index in [1.54, 1.807) is 24.3 Å². The molecule has 0 unspecified atom stereocenters. The number of hydrogen-bond donors (Lipinski definition) is 1. The number of carboxylic acid groups (broad SMARTS) is 1. The van der Waals surface area contributed by atoms with Crippen molar-refractivity contribution < 1.29 is 18.3 Å². The monoisotopic (exact) mass is 294 g/mol. The molecule has 2 rings (SSSR count).